The summed E-state index contributed by atoms with van der Waals surface area (Å²) in [6.45, 7) is 6.81. The zero-order valence-electron chi connectivity index (χ0n) is 16.5. The number of hydrogen-bond donors (Lipinski definition) is 1. The minimum Gasteiger partial charge on any atom is -0.463 e. The SMILES string of the molecule is C.CCCCOc1nc(N)c2cnn(Cc3ccc(CN4CCCC4)cc3)c2n1. The van der Waals surface area contributed by atoms with E-state index in [1.54, 1.807) is 6.20 Å². The summed E-state index contributed by atoms with van der Waals surface area (Å²) in [6.07, 6.45) is 6.38. The van der Waals surface area contributed by atoms with E-state index in [1.165, 1.54) is 37.1 Å². The van der Waals surface area contributed by atoms with Gasteiger partial charge in [0.25, 0.3) is 0 Å². The second-order valence-corrected chi connectivity index (χ2v) is 7.43. The largest absolute Gasteiger partial charge is 0.463 e. The molecule has 2 N–H and O–H groups in total. The van der Waals surface area contributed by atoms with Crippen molar-refractivity contribution in [3.63, 3.8) is 0 Å². The smallest absolute Gasteiger partial charge is 0.320 e. The molecule has 3 heterocycles. The van der Waals surface area contributed by atoms with E-state index in [-0.39, 0.29) is 7.43 Å². The van der Waals surface area contributed by atoms with Crippen LogP contribution in [0.2, 0.25) is 0 Å². The van der Waals surface area contributed by atoms with Crippen LogP contribution in [-0.4, -0.2) is 44.3 Å². The molecule has 0 radical (unpaired) electrons. The molecule has 0 spiro atoms. The highest BCUT2D eigenvalue weighted by atomic mass is 16.5. The third-order valence-electron chi connectivity index (χ3n) is 5.19. The fourth-order valence-corrected chi connectivity index (χ4v) is 3.57. The summed E-state index contributed by atoms with van der Waals surface area (Å²) in [7, 11) is 0. The second kappa shape index (κ2) is 9.69. The number of aromatic nitrogens is 4. The van der Waals surface area contributed by atoms with Gasteiger partial charge in [0, 0.05) is 6.54 Å². The van der Waals surface area contributed by atoms with E-state index in [1.807, 2.05) is 4.68 Å². The summed E-state index contributed by atoms with van der Waals surface area (Å²) in [5.41, 5.74) is 9.32. The van der Waals surface area contributed by atoms with Crippen molar-refractivity contribution in [2.24, 2.45) is 0 Å². The summed E-state index contributed by atoms with van der Waals surface area (Å²) < 4.78 is 7.50. The number of benzene rings is 1. The third kappa shape index (κ3) is 5.03. The van der Waals surface area contributed by atoms with Crippen molar-refractivity contribution in [2.75, 3.05) is 25.4 Å². The number of hydrogen-bond acceptors (Lipinski definition) is 6. The van der Waals surface area contributed by atoms with Crippen molar-refractivity contribution in [1.29, 1.82) is 0 Å². The highest BCUT2D eigenvalue weighted by Gasteiger charge is 2.13. The first-order chi connectivity index (χ1) is 13.7. The number of nitrogens with zero attached hydrogens (tertiary/aromatic N) is 5. The maximum absolute atomic E-state index is 6.08. The Kier molecular flexibility index (Phi) is 7.04. The fraction of sp³-hybridized carbons (Fsp3) is 0.500. The molecule has 29 heavy (non-hydrogen) atoms. The highest BCUT2D eigenvalue weighted by molar-refractivity contribution is 5.85. The van der Waals surface area contributed by atoms with E-state index < -0.39 is 0 Å². The molecule has 0 bridgehead atoms. The average molecular weight is 397 g/mol. The minimum absolute atomic E-state index is 0. The lowest BCUT2D eigenvalue weighted by Crippen LogP contribution is -2.18. The van der Waals surface area contributed by atoms with Crippen molar-refractivity contribution < 1.29 is 4.74 Å². The molecule has 1 aliphatic heterocycles. The first-order valence-corrected chi connectivity index (χ1v) is 10.1. The molecule has 0 unspecified atom stereocenters. The van der Waals surface area contributed by atoms with Crippen LogP contribution in [0.3, 0.4) is 0 Å². The van der Waals surface area contributed by atoms with Crippen molar-refractivity contribution in [1.82, 2.24) is 24.6 Å². The number of anilines is 1. The number of fused-ring (bicyclic) bond motifs is 1. The molecule has 0 amide bonds. The molecule has 7 nitrogen and oxygen atoms in total. The number of likely N-dealkylation sites (tertiary alicyclic amines) is 1. The van der Waals surface area contributed by atoms with Gasteiger partial charge in [0.05, 0.1) is 24.7 Å². The van der Waals surface area contributed by atoms with E-state index in [9.17, 15) is 0 Å². The molecule has 0 saturated carbocycles. The zero-order valence-corrected chi connectivity index (χ0v) is 16.5. The Morgan fingerprint density at radius 1 is 1.03 bits per heavy atom. The summed E-state index contributed by atoms with van der Waals surface area (Å²) >= 11 is 0. The first-order valence-electron chi connectivity index (χ1n) is 10.1. The highest BCUT2D eigenvalue weighted by Crippen LogP contribution is 2.21. The van der Waals surface area contributed by atoms with Gasteiger partial charge in [0.1, 0.15) is 5.82 Å². The van der Waals surface area contributed by atoms with Gasteiger partial charge in [0.15, 0.2) is 5.65 Å². The van der Waals surface area contributed by atoms with Crippen LogP contribution in [-0.2, 0) is 13.1 Å². The molecule has 1 aliphatic rings. The lowest BCUT2D eigenvalue weighted by molar-refractivity contribution is 0.286. The maximum Gasteiger partial charge on any atom is 0.320 e. The van der Waals surface area contributed by atoms with E-state index >= 15 is 0 Å². The molecule has 1 aromatic carbocycles. The van der Waals surface area contributed by atoms with Crippen LogP contribution in [0.1, 0.15) is 51.2 Å². The minimum atomic E-state index is 0. The van der Waals surface area contributed by atoms with Crippen LogP contribution in [0.4, 0.5) is 5.82 Å². The third-order valence-corrected chi connectivity index (χ3v) is 5.19. The molecule has 2 aromatic heterocycles. The zero-order chi connectivity index (χ0) is 19.3. The Bertz CT molecular complexity index is 915. The Hall–Kier alpha value is -2.67. The fourth-order valence-electron chi connectivity index (χ4n) is 3.57. The Morgan fingerprint density at radius 3 is 2.41 bits per heavy atom. The molecule has 4 rings (SSSR count). The van der Waals surface area contributed by atoms with E-state index in [0.717, 1.165) is 24.8 Å². The van der Waals surface area contributed by atoms with Gasteiger partial charge in [-0.2, -0.15) is 15.1 Å². The van der Waals surface area contributed by atoms with Crippen LogP contribution in [0.15, 0.2) is 30.5 Å². The van der Waals surface area contributed by atoms with Crippen molar-refractivity contribution >= 4 is 16.9 Å². The van der Waals surface area contributed by atoms with E-state index in [4.69, 9.17) is 10.5 Å². The molecule has 0 aliphatic carbocycles. The molecule has 0 atom stereocenters. The van der Waals surface area contributed by atoms with E-state index in [2.05, 4.69) is 51.2 Å². The van der Waals surface area contributed by atoms with E-state index in [0.29, 0.717) is 30.6 Å². The van der Waals surface area contributed by atoms with Gasteiger partial charge in [-0.25, -0.2) is 4.68 Å². The topological polar surface area (TPSA) is 82.1 Å². The second-order valence-electron chi connectivity index (χ2n) is 7.43. The summed E-state index contributed by atoms with van der Waals surface area (Å²) in [5.74, 6) is 0.406. The lowest BCUT2D eigenvalue weighted by Gasteiger charge is -2.14. The van der Waals surface area contributed by atoms with Crippen LogP contribution >= 0.6 is 0 Å². The predicted octanol–water partition coefficient (Wildman–Crippen LogP) is 3.87. The van der Waals surface area contributed by atoms with Gasteiger partial charge in [-0.1, -0.05) is 45.0 Å². The first kappa shape index (κ1) is 21.0. The van der Waals surface area contributed by atoms with Gasteiger partial charge in [0.2, 0.25) is 0 Å². The number of nitrogens with two attached hydrogens (primary N) is 1. The molecule has 7 heteroatoms. The van der Waals surface area contributed by atoms with Crippen molar-refractivity contribution in [3.8, 4) is 6.01 Å². The van der Waals surface area contributed by atoms with Crippen LogP contribution in [0, 0.1) is 0 Å². The summed E-state index contributed by atoms with van der Waals surface area (Å²) in [6, 6.07) is 9.08. The van der Waals surface area contributed by atoms with Crippen LogP contribution in [0.5, 0.6) is 6.01 Å². The molecule has 156 valence electrons. The van der Waals surface area contributed by atoms with Gasteiger partial charge in [-0.05, 0) is 43.5 Å². The lowest BCUT2D eigenvalue weighted by atomic mass is 10.1. The van der Waals surface area contributed by atoms with Crippen LogP contribution < -0.4 is 10.5 Å². The summed E-state index contributed by atoms with van der Waals surface area (Å²) in [4.78, 5) is 11.3. The van der Waals surface area contributed by atoms with Crippen LogP contribution in [0.25, 0.3) is 11.0 Å². The summed E-state index contributed by atoms with van der Waals surface area (Å²) in [5, 5.41) is 5.22. The molecule has 1 saturated heterocycles. The Labute approximate surface area is 172 Å². The molecule has 3 aromatic rings. The number of unbranched alkanes of at least 4 members (excludes halogenated alkanes) is 1. The Morgan fingerprint density at radius 2 is 1.72 bits per heavy atom. The van der Waals surface area contributed by atoms with Crippen molar-refractivity contribution in [3.05, 3.63) is 41.6 Å². The number of rotatable bonds is 8. The van der Waals surface area contributed by atoms with Gasteiger partial charge in [-0.15, -0.1) is 0 Å². The molecular weight excluding hydrogens is 364 g/mol. The van der Waals surface area contributed by atoms with Gasteiger partial charge < -0.3 is 10.5 Å². The normalized spacial score (nSPS) is 14.2. The maximum atomic E-state index is 6.08. The number of ether oxygens (including phenoxy) is 1. The molecular formula is C22H32N6O. The number of nitrogen functional groups attached to an aromatic ring is 1. The average Bonchev–Trinajstić information content (AvgIpc) is 3.34. The molecule has 1 fully saturated rings. The monoisotopic (exact) mass is 396 g/mol. The van der Waals surface area contributed by atoms with Crippen molar-refractivity contribution in [2.45, 2.75) is 53.1 Å². The quantitative estimate of drug-likeness (QED) is 0.582. The predicted molar refractivity (Wildman–Crippen MR) is 117 cm³/mol. The van der Waals surface area contributed by atoms with Gasteiger partial charge in [-0.3, -0.25) is 4.90 Å². The standard InChI is InChI=1S/C21H28N6O.CH4/c1-2-3-12-28-21-24-19(22)18-13-23-27(20(18)25-21)15-17-8-6-16(7-9-17)14-26-10-4-5-11-26;/h6-9,13H,2-5,10-12,14-15H2,1H3,(H2,22,24,25);1H4. The van der Waals surface area contributed by atoms with Gasteiger partial charge >= 0.3 is 6.01 Å². The Balaban J connectivity index is 0.00000240.